The molecule has 0 aliphatic rings. The number of aliphatic carboxylic acids is 1. The van der Waals surface area contributed by atoms with Gasteiger partial charge in [-0.3, -0.25) is 13.9 Å². The first-order chi connectivity index (χ1) is 6.04. The van der Waals surface area contributed by atoms with E-state index in [1.807, 2.05) is 13.8 Å². The Labute approximate surface area is 111 Å². The van der Waals surface area contributed by atoms with Gasteiger partial charge in [0.1, 0.15) is 6.04 Å². The Balaban J connectivity index is -0.000000208. The van der Waals surface area contributed by atoms with Gasteiger partial charge in [0.25, 0.3) is 0 Å². The molecule has 0 aliphatic carbocycles. The molecule has 0 aliphatic heterocycles. The molecular formula is C6H16NNaO6S. The van der Waals surface area contributed by atoms with Crippen molar-refractivity contribution >= 4 is 45.9 Å². The van der Waals surface area contributed by atoms with Crippen molar-refractivity contribution in [2.24, 2.45) is 11.7 Å². The zero-order valence-electron chi connectivity index (χ0n) is 7.91. The fraction of sp³-hybridized carbons (Fsp3) is 0.833. The van der Waals surface area contributed by atoms with Gasteiger partial charge in [-0.15, -0.1) is 0 Å². The van der Waals surface area contributed by atoms with Crippen LogP contribution in [0.3, 0.4) is 0 Å². The molecule has 0 aromatic carbocycles. The maximum absolute atomic E-state index is 10.1. The molecule has 0 aromatic heterocycles. The Bertz CT molecular complexity index is 257. The molecule has 15 heavy (non-hydrogen) atoms. The topological polar surface area (TPSA) is 138 Å². The van der Waals surface area contributed by atoms with E-state index in [1.165, 1.54) is 0 Å². The molecular weight excluding hydrogens is 237 g/mol. The van der Waals surface area contributed by atoms with Crippen LogP contribution in [0.1, 0.15) is 20.3 Å². The second-order valence-electron chi connectivity index (χ2n) is 3.02. The SMILES string of the molecule is CC(C)CC(N)C(=O)O.O=S(=O)(O)O.[NaH]. The van der Waals surface area contributed by atoms with Crippen molar-refractivity contribution < 1.29 is 27.4 Å². The second kappa shape index (κ2) is 9.52. The minimum absolute atomic E-state index is 0. The Hall–Kier alpha value is 0.300. The third-order valence-corrected chi connectivity index (χ3v) is 1.04. The fourth-order valence-corrected chi connectivity index (χ4v) is 0.609. The maximum atomic E-state index is 10.1. The molecule has 0 spiro atoms. The molecule has 9 heteroatoms. The van der Waals surface area contributed by atoms with Crippen LogP contribution in [0.5, 0.6) is 0 Å². The summed E-state index contributed by atoms with van der Waals surface area (Å²) in [6.07, 6.45) is 0.551. The van der Waals surface area contributed by atoms with Crippen LogP contribution in [0.15, 0.2) is 0 Å². The summed E-state index contributed by atoms with van der Waals surface area (Å²) in [5.74, 6) is -0.556. The first kappa shape index (κ1) is 20.7. The number of nitrogens with two attached hydrogens (primary N) is 1. The monoisotopic (exact) mass is 253 g/mol. The average Bonchev–Trinajstić information content (AvgIpc) is 1.80. The van der Waals surface area contributed by atoms with Crippen molar-refractivity contribution in [3.05, 3.63) is 0 Å². The summed E-state index contributed by atoms with van der Waals surface area (Å²) in [5.41, 5.74) is 5.22. The molecule has 5 N–H and O–H groups in total. The van der Waals surface area contributed by atoms with E-state index in [9.17, 15) is 4.79 Å². The van der Waals surface area contributed by atoms with Gasteiger partial charge < -0.3 is 10.8 Å². The van der Waals surface area contributed by atoms with Gasteiger partial charge in [-0.05, 0) is 12.3 Å². The normalized spacial score (nSPS) is 12.1. The molecule has 0 saturated heterocycles. The van der Waals surface area contributed by atoms with E-state index in [0.717, 1.165) is 0 Å². The summed E-state index contributed by atoms with van der Waals surface area (Å²) >= 11 is 0. The van der Waals surface area contributed by atoms with Gasteiger partial charge in [0, 0.05) is 0 Å². The molecule has 0 saturated carbocycles. The molecule has 7 nitrogen and oxygen atoms in total. The van der Waals surface area contributed by atoms with Crippen molar-refractivity contribution in [2.45, 2.75) is 26.3 Å². The molecule has 0 aromatic rings. The standard InChI is InChI=1S/C6H13NO2.Na.H2O4S.H/c1-4(2)3-5(7)6(8)9;;1-5(2,3)4;/h4-5H,3,7H2,1-2H3,(H,8,9);;(H2,1,2,3,4);. The van der Waals surface area contributed by atoms with Crippen LogP contribution >= 0.6 is 0 Å². The van der Waals surface area contributed by atoms with Gasteiger partial charge in [-0.25, -0.2) is 0 Å². The van der Waals surface area contributed by atoms with Crippen molar-refractivity contribution in [1.29, 1.82) is 0 Å². The van der Waals surface area contributed by atoms with E-state index in [2.05, 4.69) is 0 Å². The zero-order valence-corrected chi connectivity index (χ0v) is 8.73. The van der Waals surface area contributed by atoms with Crippen molar-refractivity contribution in [3.8, 4) is 0 Å². The third-order valence-electron chi connectivity index (χ3n) is 1.04. The van der Waals surface area contributed by atoms with E-state index < -0.39 is 22.4 Å². The Kier molecular flexibility index (Phi) is 13.1. The predicted octanol–water partition coefficient (Wildman–Crippen LogP) is -0.857. The summed E-state index contributed by atoms with van der Waals surface area (Å²) in [6, 6.07) is -0.690. The van der Waals surface area contributed by atoms with Crippen LogP contribution < -0.4 is 5.73 Å². The van der Waals surface area contributed by atoms with Gasteiger partial charge in [0.15, 0.2) is 0 Å². The van der Waals surface area contributed by atoms with E-state index in [0.29, 0.717) is 12.3 Å². The molecule has 0 fully saturated rings. The Morgan fingerprint density at radius 1 is 1.33 bits per heavy atom. The quantitative estimate of drug-likeness (QED) is 0.379. The summed E-state index contributed by atoms with van der Waals surface area (Å²) in [6.45, 7) is 3.89. The Morgan fingerprint density at radius 3 is 1.67 bits per heavy atom. The van der Waals surface area contributed by atoms with E-state index in [4.69, 9.17) is 28.4 Å². The molecule has 0 bridgehead atoms. The molecule has 0 radical (unpaired) electrons. The molecule has 88 valence electrons. The molecule has 1 atom stereocenters. The van der Waals surface area contributed by atoms with Crippen LogP contribution in [-0.2, 0) is 15.2 Å². The number of hydrogen-bond acceptors (Lipinski definition) is 4. The second-order valence-corrected chi connectivity index (χ2v) is 3.92. The van der Waals surface area contributed by atoms with Crippen LogP contribution in [-0.4, -0.2) is 64.2 Å². The number of carboxylic acids is 1. The van der Waals surface area contributed by atoms with Crippen molar-refractivity contribution in [2.75, 3.05) is 0 Å². The molecule has 1 unspecified atom stereocenters. The van der Waals surface area contributed by atoms with Gasteiger partial charge in [-0.1, -0.05) is 13.8 Å². The van der Waals surface area contributed by atoms with Gasteiger partial charge in [0.05, 0.1) is 0 Å². The first-order valence-electron chi connectivity index (χ1n) is 3.72. The third kappa shape index (κ3) is 31.4. The van der Waals surface area contributed by atoms with E-state index >= 15 is 0 Å². The van der Waals surface area contributed by atoms with Gasteiger partial charge in [-0.2, -0.15) is 8.42 Å². The number of carboxylic acid groups (broad SMARTS) is 1. The van der Waals surface area contributed by atoms with E-state index in [1.54, 1.807) is 0 Å². The summed E-state index contributed by atoms with van der Waals surface area (Å²) in [5, 5.41) is 8.31. The van der Waals surface area contributed by atoms with Crippen LogP contribution in [0, 0.1) is 5.92 Å². The van der Waals surface area contributed by atoms with Crippen LogP contribution in [0.2, 0.25) is 0 Å². The minimum atomic E-state index is -4.67. The average molecular weight is 253 g/mol. The summed E-state index contributed by atoms with van der Waals surface area (Å²) in [4.78, 5) is 10.1. The molecule has 0 heterocycles. The predicted molar refractivity (Wildman–Crippen MR) is 56.4 cm³/mol. The number of rotatable bonds is 3. The fourth-order valence-electron chi connectivity index (χ4n) is 0.609. The number of hydrogen-bond donors (Lipinski definition) is 4. The van der Waals surface area contributed by atoms with Gasteiger partial charge in [0.2, 0.25) is 0 Å². The van der Waals surface area contributed by atoms with Gasteiger partial charge >= 0.3 is 45.9 Å². The first-order valence-corrected chi connectivity index (χ1v) is 5.12. The van der Waals surface area contributed by atoms with Crippen molar-refractivity contribution in [3.63, 3.8) is 0 Å². The van der Waals surface area contributed by atoms with Crippen LogP contribution in [0.25, 0.3) is 0 Å². The zero-order chi connectivity index (χ0) is 11.9. The summed E-state index contributed by atoms with van der Waals surface area (Å²) in [7, 11) is -4.67. The Morgan fingerprint density at radius 2 is 1.60 bits per heavy atom. The summed E-state index contributed by atoms with van der Waals surface area (Å²) < 4.78 is 31.6. The van der Waals surface area contributed by atoms with Crippen molar-refractivity contribution in [1.82, 2.24) is 0 Å². The van der Waals surface area contributed by atoms with Crippen LogP contribution in [0.4, 0.5) is 0 Å². The number of carbonyl (C=O) groups is 1. The van der Waals surface area contributed by atoms with E-state index in [-0.39, 0.29) is 29.6 Å². The molecule has 0 rings (SSSR count). The molecule has 0 amide bonds.